The number of amides is 1. The van der Waals surface area contributed by atoms with E-state index in [1.807, 2.05) is 11.8 Å². The van der Waals surface area contributed by atoms with Crippen molar-refractivity contribution < 1.29 is 18.3 Å². The van der Waals surface area contributed by atoms with Gasteiger partial charge in [0.15, 0.2) is 5.96 Å². The van der Waals surface area contributed by atoms with E-state index in [1.54, 1.807) is 38.4 Å². The van der Waals surface area contributed by atoms with Crippen LogP contribution in [-0.2, 0) is 4.79 Å². The molecule has 2 N–H and O–H groups in total. The van der Waals surface area contributed by atoms with Gasteiger partial charge in [0.1, 0.15) is 12.3 Å². The number of alkyl halides is 2. The van der Waals surface area contributed by atoms with E-state index in [-0.39, 0.29) is 30.3 Å². The molecule has 0 aromatic heterocycles. The molecule has 1 saturated heterocycles. The maximum atomic E-state index is 12.7. The smallest absolute Gasteiger partial charge is 0.387 e. The van der Waals surface area contributed by atoms with Crippen LogP contribution in [0.4, 0.5) is 14.5 Å². The van der Waals surface area contributed by atoms with E-state index in [0.29, 0.717) is 24.7 Å². The van der Waals surface area contributed by atoms with Crippen LogP contribution in [0.25, 0.3) is 0 Å². The minimum absolute atomic E-state index is 0.0558. The topological polar surface area (TPSA) is 69.2 Å². The first-order valence-electron chi connectivity index (χ1n) is 9.86. The highest BCUT2D eigenvalue weighted by molar-refractivity contribution is 5.85. The summed E-state index contributed by atoms with van der Waals surface area (Å²) in [6, 6.07) is 7.08. The molecular formula is C20H31F2N5O2. The summed E-state index contributed by atoms with van der Waals surface area (Å²) in [5, 5.41) is 6.68. The number of hydrogen-bond acceptors (Lipinski definition) is 4. The van der Waals surface area contributed by atoms with Crippen molar-refractivity contribution in [1.29, 1.82) is 0 Å². The minimum atomic E-state index is -2.86. The molecule has 1 aromatic rings. The van der Waals surface area contributed by atoms with Crippen LogP contribution in [0.1, 0.15) is 26.7 Å². The van der Waals surface area contributed by atoms with Gasteiger partial charge in [0.25, 0.3) is 0 Å². The lowest BCUT2D eigenvalue weighted by Crippen LogP contribution is -2.48. The Hall–Kier alpha value is -2.58. The molecule has 1 aliphatic heterocycles. The number of nitrogens with zero attached hydrogens (tertiary/aromatic N) is 3. The number of para-hydroxylation sites is 2. The highest BCUT2D eigenvalue weighted by Gasteiger charge is 2.26. The predicted octanol–water partition coefficient (Wildman–Crippen LogP) is 2.29. The van der Waals surface area contributed by atoms with Gasteiger partial charge in [-0.2, -0.15) is 8.78 Å². The summed E-state index contributed by atoms with van der Waals surface area (Å²) in [5.74, 6) is 0.672. The van der Waals surface area contributed by atoms with E-state index in [2.05, 4.69) is 27.3 Å². The second kappa shape index (κ2) is 10.8. The molecule has 1 heterocycles. The first kappa shape index (κ1) is 22.7. The largest absolute Gasteiger partial charge is 0.433 e. The van der Waals surface area contributed by atoms with Gasteiger partial charge in [-0.15, -0.1) is 0 Å². The zero-order valence-electron chi connectivity index (χ0n) is 17.5. The molecule has 2 unspecified atom stereocenters. The van der Waals surface area contributed by atoms with Crippen molar-refractivity contribution in [3.05, 3.63) is 24.3 Å². The average molecular weight is 411 g/mol. The maximum absolute atomic E-state index is 12.7. The Labute approximate surface area is 171 Å². The minimum Gasteiger partial charge on any atom is -0.433 e. The first-order valence-corrected chi connectivity index (χ1v) is 9.86. The molecule has 1 amide bonds. The van der Waals surface area contributed by atoms with Crippen molar-refractivity contribution in [1.82, 2.24) is 15.5 Å². The number of ether oxygens (including phenoxy) is 1. The van der Waals surface area contributed by atoms with Gasteiger partial charge in [0.05, 0.1) is 5.69 Å². The van der Waals surface area contributed by atoms with Crippen molar-refractivity contribution in [2.45, 2.75) is 45.4 Å². The zero-order valence-corrected chi connectivity index (χ0v) is 17.5. The molecule has 1 fully saturated rings. The van der Waals surface area contributed by atoms with Crippen molar-refractivity contribution in [3.8, 4) is 5.75 Å². The van der Waals surface area contributed by atoms with Crippen LogP contribution in [0.2, 0.25) is 0 Å². The Morgan fingerprint density at radius 1 is 1.38 bits per heavy atom. The first-order chi connectivity index (χ1) is 13.8. The molecule has 162 valence electrons. The quantitative estimate of drug-likeness (QED) is 0.508. The lowest BCUT2D eigenvalue weighted by molar-refractivity contribution is -0.127. The van der Waals surface area contributed by atoms with Crippen LogP contribution in [0.3, 0.4) is 0 Å². The van der Waals surface area contributed by atoms with Crippen LogP contribution >= 0.6 is 0 Å². The van der Waals surface area contributed by atoms with Gasteiger partial charge >= 0.3 is 6.61 Å². The van der Waals surface area contributed by atoms with Crippen LogP contribution in [0.5, 0.6) is 5.75 Å². The number of guanidine groups is 1. The SMILES string of the molecule is CCC(C)NC(=NCC(=O)N(C)C)NC1CCN(c2ccccc2OC(F)F)C1. The monoisotopic (exact) mass is 411 g/mol. The molecule has 0 spiro atoms. The number of nitrogens with one attached hydrogen (secondary N) is 2. The molecule has 29 heavy (non-hydrogen) atoms. The normalized spacial score (nSPS) is 18.0. The van der Waals surface area contributed by atoms with E-state index in [4.69, 9.17) is 0 Å². The second-order valence-corrected chi connectivity index (χ2v) is 7.33. The molecule has 0 aliphatic carbocycles. The van der Waals surface area contributed by atoms with E-state index in [0.717, 1.165) is 12.8 Å². The second-order valence-electron chi connectivity index (χ2n) is 7.33. The average Bonchev–Trinajstić information content (AvgIpc) is 3.13. The number of halogens is 2. The summed E-state index contributed by atoms with van der Waals surface area (Å²) in [4.78, 5) is 19.8. The molecule has 1 aliphatic rings. The van der Waals surface area contributed by atoms with E-state index >= 15 is 0 Å². The number of rotatable bonds is 8. The summed E-state index contributed by atoms with van der Waals surface area (Å²) in [6.07, 6.45) is 1.73. The third-order valence-corrected chi connectivity index (χ3v) is 4.82. The summed E-state index contributed by atoms with van der Waals surface area (Å²) < 4.78 is 30.0. The Bertz CT molecular complexity index is 699. The van der Waals surface area contributed by atoms with Gasteiger partial charge < -0.3 is 25.2 Å². The zero-order chi connectivity index (χ0) is 21.4. The lowest BCUT2D eigenvalue weighted by atomic mass is 10.2. The molecule has 0 bridgehead atoms. The lowest BCUT2D eigenvalue weighted by Gasteiger charge is -2.23. The number of anilines is 1. The van der Waals surface area contributed by atoms with Gasteiger partial charge in [0.2, 0.25) is 5.91 Å². The molecule has 7 nitrogen and oxygen atoms in total. The predicted molar refractivity (Wildman–Crippen MR) is 111 cm³/mol. The van der Waals surface area contributed by atoms with Crippen molar-refractivity contribution in [3.63, 3.8) is 0 Å². The summed E-state index contributed by atoms with van der Waals surface area (Å²) in [6.45, 7) is 2.63. The van der Waals surface area contributed by atoms with Crippen LogP contribution in [0.15, 0.2) is 29.3 Å². The number of benzene rings is 1. The summed E-state index contributed by atoms with van der Waals surface area (Å²) in [5.41, 5.74) is 0.647. The Morgan fingerprint density at radius 3 is 2.76 bits per heavy atom. The van der Waals surface area contributed by atoms with Crippen molar-refractivity contribution in [2.75, 3.05) is 38.6 Å². The Morgan fingerprint density at radius 2 is 2.10 bits per heavy atom. The van der Waals surface area contributed by atoms with Gasteiger partial charge in [-0.1, -0.05) is 19.1 Å². The highest BCUT2D eigenvalue weighted by atomic mass is 19.3. The highest BCUT2D eigenvalue weighted by Crippen LogP contribution is 2.31. The van der Waals surface area contributed by atoms with Gasteiger partial charge in [-0.25, -0.2) is 4.99 Å². The molecule has 9 heteroatoms. The number of hydrogen-bond donors (Lipinski definition) is 2. The third kappa shape index (κ3) is 7.07. The van der Waals surface area contributed by atoms with E-state index in [9.17, 15) is 13.6 Å². The van der Waals surface area contributed by atoms with Crippen LogP contribution in [-0.4, -0.2) is 69.2 Å². The molecule has 1 aromatic carbocycles. The van der Waals surface area contributed by atoms with Gasteiger partial charge in [-0.3, -0.25) is 4.79 Å². The maximum Gasteiger partial charge on any atom is 0.387 e. The van der Waals surface area contributed by atoms with Crippen molar-refractivity contribution >= 4 is 17.6 Å². The fourth-order valence-electron chi connectivity index (χ4n) is 2.96. The summed E-state index contributed by atoms with van der Waals surface area (Å²) in [7, 11) is 3.39. The fraction of sp³-hybridized carbons (Fsp3) is 0.600. The molecular weight excluding hydrogens is 380 g/mol. The number of carbonyl (C=O) groups excluding carboxylic acids is 1. The Balaban J connectivity index is 2.05. The molecule has 0 saturated carbocycles. The summed E-state index contributed by atoms with van der Waals surface area (Å²) >= 11 is 0. The van der Waals surface area contributed by atoms with Crippen molar-refractivity contribution in [2.24, 2.45) is 4.99 Å². The van der Waals surface area contributed by atoms with Crippen LogP contribution < -0.4 is 20.3 Å². The molecule has 2 atom stereocenters. The van der Waals surface area contributed by atoms with Crippen LogP contribution in [0, 0.1) is 0 Å². The number of aliphatic imine (C=N–C) groups is 1. The van der Waals surface area contributed by atoms with Gasteiger partial charge in [-0.05, 0) is 31.9 Å². The number of likely N-dealkylation sites (N-methyl/N-ethyl adjacent to an activating group) is 1. The number of carbonyl (C=O) groups is 1. The standard InChI is InChI=1S/C20H31F2N5O2/c1-5-14(2)24-20(23-12-18(28)26(3)4)25-15-10-11-27(13-15)16-8-6-7-9-17(16)29-19(21)22/h6-9,14-15,19H,5,10-13H2,1-4H3,(H2,23,24,25). The van der Waals surface area contributed by atoms with E-state index < -0.39 is 6.61 Å². The van der Waals surface area contributed by atoms with E-state index in [1.165, 1.54) is 4.90 Å². The van der Waals surface area contributed by atoms with Gasteiger partial charge in [0, 0.05) is 39.3 Å². The Kier molecular flexibility index (Phi) is 8.48. The third-order valence-electron chi connectivity index (χ3n) is 4.82. The molecule has 2 rings (SSSR count). The molecule has 0 radical (unpaired) electrons. The fourth-order valence-corrected chi connectivity index (χ4v) is 2.96.